The minimum atomic E-state index is -0.639. The van der Waals surface area contributed by atoms with E-state index in [1.807, 2.05) is 41.5 Å². The standard InChI is InChI=1S/2C18H30N2O3/c2*1-7-16(21)19-14(8-11(2)3)18(23)20-15(9-12(4)5)13(6)10-17(20)22/h2*10-12,14-15H,7-9H2,1-6H3,(H,19,21)/t14-,15?;14-,15+/m11/s1. The first-order valence-electron chi connectivity index (χ1n) is 17.0. The maximum Gasteiger partial charge on any atom is 0.253 e. The van der Waals surface area contributed by atoms with E-state index >= 15 is 0 Å². The van der Waals surface area contributed by atoms with Gasteiger partial charge in [-0.3, -0.25) is 38.6 Å². The van der Waals surface area contributed by atoms with Crippen LogP contribution in [0.1, 0.15) is 122 Å². The van der Waals surface area contributed by atoms with Gasteiger partial charge in [-0.1, -0.05) is 69.2 Å². The van der Waals surface area contributed by atoms with E-state index in [4.69, 9.17) is 0 Å². The predicted molar refractivity (Wildman–Crippen MR) is 181 cm³/mol. The van der Waals surface area contributed by atoms with Crippen LogP contribution in [0.5, 0.6) is 0 Å². The van der Waals surface area contributed by atoms with Crippen molar-refractivity contribution in [2.45, 2.75) is 146 Å². The van der Waals surface area contributed by atoms with E-state index in [2.05, 4.69) is 38.3 Å². The second kappa shape index (κ2) is 18.7. The molecular weight excluding hydrogens is 584 g/mol. The summed E-state index contributed by atoms with van der Waals surface area (Å²) in [7, 11) is 0. The Morgan fingerprint density at radius 3 is 1.15 bits per heavy atom. The molecule has 46 heavy (non-hydrogen) atoms. The summed E-state index contributed by atoms with van der Waals surface area (Å²) >= 11 is 0. The van der Waals surface area contributed by atoms with Gasteiger partial charge in [0.05, 0.1) is 12.1 Å². The van der Waals surface area contributed by atoms with Gasteiger partial charge in [0.25, 0.3) is 23.6 Å². The molecule has 260 valence electrons. The van der Waals surface area contributed by atoms with E-state index in [1.165, 1.54) is 9.80 Å². The van der Waals surface area contributed by atoms with Crippen molar-refractivity contribution in [3.05, 3.63) is 23.3 Å². The molecule has 0 saturated carbocycles. The van der Waals surface area contributed by atoms with Gasteiger partial charge in [0, 0.05) is 25.0 Å². The summed E-state index contributed by atoms with van der Waals surface area (Å²) in [6, 6.07) is -1.66. The molecule has 10 heteroatoms. The molecule has 2 aliphatic heterocycles. The van der Waals surface area contributed by atoms with Gasteiger partial charge >= 0.3 is 0 Å². The molecule has 2 heterocycles. The highest BCUT2D eigenvalue weighted by molar-refractivity contribution is 6.07. The minimum absolute atomic E-state index is 0.166. The van der Waals surface area contributed by atoms with Gasteiger partial charge < -0.3 is 10.6 Å². The Labute approximate surface area is 277 Å². The van der Waals surface area contributed by atoms with Crippen molar-refractivity contribution in [3.63, 3.8) is 0 Å². The average Bonchev–Trinajstić information content (AvgIpc) is 3.37. The van der Waals surface area contributed by atoms with Crippen LogP contribution in [0.4, 0.5) is 0 Å². The lowest BCUT2D eigenvalue weighted by Crippen LogP contribution is -2.52. The maximum absolute atomic E-state index is 12.9. The number of hydrogen-bond donors (Lipinski definition) is 2. The molecule has 0 aromatic rings. The van der Waals surface area contributed by atoms with Gasteiger partial charge in [-0.05, 0) is 74.3 Å². The zero-order chi connectivity index (χ0) is 35.5. The fraction of sp³-hybridized carbons (Fsp3) is 0.722. The summed E-state index contributed by atoms with van der Waals surface area (Å²) in [6.45, 7) is 23.6. The molecular formula is C36H60N4O6. The van der Waals surface area contributed by atoms with Crippen LogP contribution in [0.3, 0.4) is 0 Å². The number of carbonyl (C=O) groups excluding carboxylic acids is 6. The van der Waals surface area contributed by atoms with Crippen molar-refractivity contribution in [1.82, 2.24) is 20.4 Å². The molecule has 0 spiro atoms. The van der Waals surface area contributed by atoms with Crippen molar-refractivity contribution < 1.29 is 28.8 Å². The van der Waals surface area contributed by atoms with Crippen LogP contribution in [-0.4, -0.2) is 69.4 Å². The average molecular weight is 645 g/mol. The maximum atomic E-state index is 12.9. The Morgan fingerprint density at radius 2 is 0.913 bits per heavy atom. The molecule has 0 saturated heterocycles. The summed E-state index contributed by atoms with van der Waals surface area (Å²) in [5.74, 6) is -0.199. The number of imide groups is 2. The van der Waals surface area contributed by atoms with Crippen LogP contribution in [0.2, 0.25) is 0 Å². The van der Waals surface area contributed by atoms with Crippen molar-refractivity contribution >= 4 is 35.4 Å². The van der Waals surface area contributed by atoms with E-state index in [9.17, 15) is 28.8 Å². The van der Waals surface area contributed by atoms with Gasteiger partial charge in [0.15, 0.2) is 0 Å². The van der Waals surface area contributed by atoms with Gasteiger partial charge in [-0.2, -0.15) is 0 Å². The highest BCUT2D eigenvalue weighted by Crippen LogP contribution is 2.28. The van der Waals surface area contributed by atoms with Crippen LogP contribution < -0.4 is 10.6 Å². The number of rotatable bonds is 14. The van der Waals surface area contributed by atoms with Crippen molar-refractivity contribution in [3.8, 4) is 0 Å². The second-order valence-electron chi connectivity index (χ2n) is 14.4. The third-order valence-electron chi connectivity index (χ3n) is 8.04. The van der Waals surface area contributed by atoms with E-state index in [-0.39, 0.29) is 59.4 Å². The molecule has 10 nitrogen and oxygen atoms in total. The molecule has 2 N–H and O–H groups in total. The van der Waals surface area contributed by atoms with Gasteiger partial charge in [0.1, 0.15) is 12.1 Å². The van der Waals surface area contributed by atoms with Crippen molar-refractivity contribution in [2.75, 3.05) is 0 Å². The first kappa shape index (κ1) is 40.7. The molecule has 2 aliphatic rings. The van der Waals surface area contributed by atoms with E-state index in [0.717, 1.165) is 24.0 Å². The molecule has 0 aromatic carbocycles. The fourth-order valence-electron chi connectivity index (χ4n) is 5.75. The van der Waals surface area contributed by atoms with Crippen LogP contribution in [-0.2, 0) is 28.8 Å². The van der Waals surface area contributed by atoms with Gasteiger partial charge in [-0.25, -0.2) is 0 Å². The summed E-state index contributed by atoms with van der Waals surface area (Å²) in [4.78, 5) is 76.6. The lowest BCUT2D eigenvalue weighted by Gasteiger charge is -2.30. The molecule has 2 rings (SSSR count). The molecule has 0 fully saturated rings. The third-order valence-corrected chi connectivity index (χ3v) is 8.04. The summed E-state index contributed by atoms with van der Waals surface area (Å²) in [5.41, 5.74) is 1.84. The topological polar surface area (TPSA) is 133 Å². The van der Waals surface area contributed by atoms with Crippen LogP contribution in [0, 0.1) is 23.7 Å². The fourth-order valence-corrected chi connectivity index (χ4v) is 5.75. The van der Waals surface area contributed by atoms with Crippen LogP contribution >= 0.6 is 0 Å². The Morgan fingerprint density at radius 1 is 0.609 bits per heavy atom. The summed E-state index contributed by atoms with van der Waals surface area (Å²) in [6.07, 6.45) is 6.28. The smallest absolute Gasteiger partial charge is 0.253 e. The molecule has 4 atom stereocenters. The number of amides is 6. The lowest BCUT2D eigenvalue weighted by molar-refractivity contribution is -0.147. The monoisotopic (exact) mass is 644 g/mol. The highest BCUT2D eigenvalue weighted by atomic mass is 16.2. The second-order valence-corrected chi connectivity index (χ2v) is 14.4. The van der Waals surface area contributed by atoms with E-state index in [0.29, 0.717) is 37.5 Å². The number of nitrogens with zero attached hydrogens (tertiary/aromatic N) is 2. The SMILES string of the molecule is CCC(=O)N[C@H](CC(C)C)C(=O)N1C(=O)C=C(C)C1CC(C)C.CCC(=O)N[C@H](CC(C)C)C(=O)N1C(=O)C=C(C)[C@@H]1CC(C)C. The van der Waals surface area contributed by atoms with Crippen LogP contribution in [0.25, 0.3) is 0 Å². The Balaban J connectivity index is 0.000000460. The Kier molecular flexibility index (Phi) is 16.6. The van der Waals surface area contributed by atoms with Crippen LogP contribution in [0.15, 0.2) is 23.3 Å². The molecule has 0 radical (unpaired) electrons. The van der Waals surface area contributed by atoms with Gasteiger partial charge in [0.2, 0.25) is 11.8 Å². The zero-order valence-corrected chi connectivity index (χ0v) is 30.4. The van der Waals surface area contributed by atoms with E-state index in [1.54, 1.807) is 26.0 Å². The van der Waals surface area contributed by atoms with Gasteiger partial charge in [-0.15, -0.1) is 0 Å². The quantitative estimate of drug-likeness (QED) is 0.263. The number of carbonyl (C=O) groups is 6. The largest absolute Gasteiger partial charge is 0.344 e. The lowest BCUT2D eigenvalue weighted by atomic mass is 9.97. The molecule has 0 aliphatic carbocycles. The number of hydrogen-bond acceptors (Lipinski definition) is 6. The molecule has 1 unspecified atom stereocenters. The first-order valence-corrected chi connectivity index (χ1v) is 17.0. The zero-order valence-electron chi connectivity index (χ0n) is 30.4. The molecule has 6 amide bonds. The highest BCUT2D eigenvalue weighted by Gasteiger charge is 2.40. The third kappa shape index (κ3) is 12.1. The molecule has 0 aromatic heterocycles. The predicted octanol–water partition coefficient (Wildman–Crippen LogP) is 5.31. The first-order chi connectivity index (χ1) is 21.3. The normalized spacial score (nSPS) is 19.3. The van der Waals surface area contributed by atoms with E-state index < -0.39 is 12.1 Å². The summed E-state index contributed by atoms with van der Waals surface area (Å²) < 4.78 is 0. The molecule has 0 bridgehead atoms. The Hall–Kier alpha value is -3.30. The Bertz CT molecular complexity index is 1080. The van der Waals surface area contributed by atoms with Crippen molar-refractivity contribution in [1.29, 1.82) is 0 Å². The summed E-state index contributed by atoms with van der Waals surface area (Å²) in [5, 5.41) is 5.56. The number of nitrogens with one attached hydrogen (secondary N) is 2. The minimum Gasteiger partial charge on any atom is -0.344 e. The van der Waals surface area contributed by atoms with Crippen molar-refractivity contribution in [2.24, 2.45) is 23.7 Å².